The number of hydrogen-bond donors (Lipinski definition) is 0. The normalized spacial score (nSPS) is 14.8. The van der Waals surface area contributed by atoms with Crippen LogP contribution in [0.5, 0.6) is 11.5 Å². The van der Waals surface area contributed by atoms with Crippen LogP contribution in [-0.2, 0) is 11.3 Å². The first-order valence-corrected chi connectivity index (χ1v) is 9.47. The molecule has 2 aromatic rings. The number of methoxy groups -OCH3 is 1. The van der Waals surface area contributed by atoms with Gasteiger partial charge in [0.25, 0.3) is 5.91 Å². The molecule has 1 aliphatic rings. The van der Waals surface area contributed by atoms with Gasteiger partial charge in [-0.1, -0.05) is 30.3 Å². The summed E-state index contributed by atoms with van der Waals surface area (Å²) in [5.41, 5.74) is 1.70. The predicted molar refractivity (Wildman–Crippen MR) is 104 cm³/mol. The lowest BCUT2D eigenvalue weighted by Gasteiger charge is -2.32. The number of hydrogen-bond acceptors (Lipinski definition) is 4. The molecule has 0 saturated carbocycles. The molecule has 1 fully saturated rings. The van der Waals surface area contributed by atoms with Gasteiger partial charge in [-0.25, -0.2) is 0 Å². The summed E-state index contributed by atoms with van der Waals surface area (Å²) < 4.78 is 17.0. The van der Waals surface area contributed by atoms with Crippen molar-refractivity contribution in [2.75, 3.05) is 26.8 Å². The summed E-state index contributed by atoms with van der Waals surface area (Å²) in [6, 6.07) is 15.3. The van der Waals surface area contributed by atoms with Crippen molar-refractivity contribution in [3.8, 4) is 11.5 Å². The summed E-state index contributed by atoms with van der Waals surface area (Å²) in [7, 11) is 1.59. The fraction of sp³-hybridized carbons (Fsp3) is 0.409. The number of benzene rings is 2. The maximum Gasteiger partial charge on any atom is 0.253 e. The third-order valence-electron chi connectivity index (χ3n) is 4.78. The molecule has 1 heterocycles. The minimum absolute atomic E-state index is 0.0258. The fourth-order valence-corrected chi connectivity index (χ4v) is 3.30. The fourth-order valence-electron chi connectivity index (χ4n) is 3.30. The number of rotatable bonds is 7. The topological polar surface area (TPSA) is 48.0 Å². The van der Waals surface area contributed by atoms with Crippen LogP contribution >= 0.6 is 0 Å². The highest BCUT2D eigenvalue weighted by molar-refractivity contribution is 5.95. The Kier molecular flexibility index (Phi) is 6.71. The molecular weight excluding hydrogens is 342 g/mol. The minimum Gasteiger partial charge on any atom is -0.493 e. The van der Waals surface area contributed by atoms with E-state index in [1.165, 1.54) is 0 Å². The molecule has 0 atom stereocenters. The Morgan fingerprint density at radius 2 is 1.81 bits per heavy atom. The molecule has 5 heteroatoms. The van der Waals surface area contributed by atoms with Gasteiger partial charge in [0.2, 0.25) is 0 Å². The zero-order valence-corrected chi connectivity index (χ0v) is 16.0. The maximum atomic E-state index is 12.8. The molecule has 0 aromatic heterocycles. The Hall–Kier alpha value is -2.53. The number of nitrogens with zero attached hydrogens (tertiary/aromatic N) is 1. The van der Waals surface area contributed by atoms with Gasteiger partial charge in [0.1, 0.15) is 6.61 Å². The number of ether oxygens (including phenoxy) is 3. The van der Waals surface area contributed by atoms with Crippen molar-refractivity contribution in [1.29, 1.82) is 0 Å². The van der Waals surface area contributed by atoms with Gasteiger partial charge in [0, 0.05) is 25.3 Å². The van der Waals surface area contributed by atoms with E-state index in [9.17, 15) is 4.79 Å². The molecule has 2 aromatic carbocycles. The van der Waals surface area contributed by atoms with Gasteiger partial charge < -0.3 is 19.1 Å². The van der Waals surface area contributed by atoms with Gasteiger partial charge >= 0.3 is 0 Å². The molecule has 1 amide bonds. The standard InChI is InChI=1S/C22H27NO4/c1-3-26-19-11-13-23(14-12-19)22(24)18-9-10-20(21(15-18)25-2)27-16-17-7-5-4-6-8-17/h4-10,15,19H,3,11-14,16H2,1-2H3. The monoisotopic (exact) mass is 369 g/mol. The largest absolute Gasteiger partial charge is 0.493 e. The third kappa shape index (κ3) is 5.01. The Balaban J connectivity index is 1.64. The zero-order valence-electron chi connectivity index (χ0n) is 16.0. The molecule has 5 nitrogen and oxygen atoms in total. The van der Waals surface area contributed by atoms with E-state index in [1.54, 1.807) is 19.2 Å². The van der Waals surface area contributed by atoms with Crippen molar-refractivity contribution < 1.29 is 19.0 Å². The second kappa shape index (κ2) is 9.42. The first-order valence-electron chi connectivity index (χ1n) is 9.47. The van der Waals surface area contributed by atoms with Crippen molar-refractivity contribution in [2.45, 2.75) is 32.5 Å². The van der Waals surface area contributed by atoms with E-state index in [2.05, 4.69) is 0 Å². The van der Waals surface area contributed by atoms with Crippen LogP contribution in [0.15, 0.2) is 48.5 Å². The van der Waals surface area contributed by atoms with Crippen LogP contribution in [0.25, 0.3) is 0 Å². The Labute approximate surface area is 160 Å². The maximum absolute atomic E-state index is 12.8. The van der Waals surface area contributed by atoms with Gasteiger partial charge in [0.15, 0.2) is 11.5 Å². The quantitative estimate of drug-likeness (QED) is 0.742. The van der Waals surface area contributed by atoms with Crippen LogP contribution in [0.1, 0.15) is 35.7 Å². The molecular formula is C22H27NO4. The highest BCUT2D eigenvalue weighted by Gasteiger charge is 2.24. The van der Waals surface area contributed by atoms with Crippen LogP contribution < -0.4 is 9.47 Å². The molecule has 0 N–H and O–H groups in total. The first kappa shape index (κ1) is 19.2. The molecule has 0 aliphatic carbocycles. The van der Waals surface area contributed by atoms with Gasteiger partial charge in [-0.3, -0.25) is 4.79 Å². The average molecular weight is 369 g/mol. The predicted octanol–water partition coefficient (Wildman–Crippen LogP) is 3.92. The second-order valence-electron chi connectivity index (χ2n) is 6.59. The molecule has 0 bridgehead atoms. The van der Waals surface area contributed by atoms with Crippen LogP contribution in [0.2, 0.25) is 0 Å². The van der Waals surface area contributed by atoms with Crippen molar-refractivity contribution >= 4 is 5.91 Å². The van der Waals surface area contributed by atoms with E-state index in [4.69, 9.17) is 14.2 Å². The highest BCUT2D eigenvalue weighted by Crippen LogP contribution is 2.30. The van der Waals surface area contributed by atoms with Crippen molar-refractivity contribution in [3.05, 3.63) is 59.7 Å². The van der Waals surface area contributed by atoms with Crippen molar-refractivity contribution in [3.63, 3.8) is 0 Å². The molecule has 1 aliphatic heterocycles. The lowest BCUT2D eigenvalue weighted by atomic mass is 10.1. The summed E-state index contributed by atoms with van der Waals surface area (Å²) in [5, 5.41) is 0. The average Bonchev–Trinajstić information content (AvgIpc) is 2.73. The van der Waals surface area contributed by atoms with E-state index in [-0.39, 0.29) is 12.0 Å². The number of carbonyl (C=O) groups excluding carboxylic acids is 1. The van der Waals surface area contributed by atoms with E-state index < -0.39 is 0 Å². The molecule has 1 saturated heterocycles. The molecule has 144 valence electrons. The summed E-state index contributed by atoms with van der Waals surface area (Å²) >= 11 is 0. The van der Waals surface area contributed by atoms with E-state index in [0.717, 1.165) is 38.1 Å². The van der Waals surface area contributed by atoms with Crippen molar-refractivity contribution in [2.24, 2.45) is 0 Å². The summed E-state index contributed by atoms with van der Waals surface area (Å²) in [4.78, 5) is 14.7. The smallest absolute Gasteiger partial charge is 0.253 e. The van der Waals surface area contributed by atoms with Crippen LogP contribution in [-0.4, -0.2) is 43.7 Å². The van der Waals surface area contributed by atoms with E-state index in [0.29, 0.717) is 23.7 Å². The molecule has 0 spiro atoms. The Morgan fingerprint density at radius 1 is 1.07 bits per heavy atom. The van der Waals surface area contributed by atoms with Crippen LogP contribution in [0.3, 0.4) is 0 Å². The molecule has 0 radical (unpaired) electrons. The van der Waals surface area contributed by atoms with Gasteiger partial charge in [-0.2, -0.15) is 0 Å². The van der Waals surface area contributed by atoms with Gasteiger partial charge in [-0.05, 0) is 43.5 Å². The minimum atomic E-state index is 0.0258. The Morgan fingerprint density at radius 3 is 2.48 bits per heavy atom. The summed E-state index contributed by atoms with van der Waals surface area (Å²) in [6.07, 6.45) is 2.03. The first-order chi connectivity index (χ1) is 13.2. The zero-order chi connectivity index (χ0) is 19.1. The number of amides is 1. The van der Waals surface area contributed by atoms with Gasteiger partial charge in [-0.15, -0.1) is 0 Å². The summed E-state index contributed by atoms with van der Waals surface area (Å²) in [6.45, 7) is 4.62. The molecule has 3 rings (SSSR count). The van der Waals surface area contributed by atoms with Crippen molar-refractivity contribution in [1.82, 2.24) is 4.90 Å². The Bertz CT molecular complexity index is 739. The molecule has 0 unspecified atom stereocenters. The number of piperidine rings is 1. The third-order valence-corrected chi connectivity index (χ3v) is 4.78. The van der Waals surface area contributed by atoms with Gasteiger partial charge in [0.05, 0.1) is 13.2 Å². The van der Waals surface area contributed by atoms with E-state index >= 15 is 0 Å². The number of likely N-dealkylation sites (tertiary alicyclic amines) is 1. The SMILES string of the molecule is CCOC1CCN(C(=O)c2ccc(OCc3ccccc3)c(OC)c2)CC1. The van der Waals surface area contributed by atoms with Crippen LogP contribution in [0, 0.1) is 0 Å². The number of carbonyl (C=O) groups is 1. The lowest BCUT2D eigenvalue weighted by Crippen LogP contribution is -2.40. The second-order valence-corrected chi connectivity index (χ2v) is 6.59. The lowest BCUT2D eigenvalue weighted by molar-refractivity contribution is 0.0146. The highest BCUT2D eigenvalue weighted by atomic mass is 16.5. The van der Waals surface area contributed by atoms with E-state index in [1.807, 2.05) is 48.2 Å². The summed E-state index contributed by atoms with van der Waals surface area (Å²) in [5.74, 6) is 1.23. The van der Waals surface area contributed by atoms with Crippen LogP contribution in [0.4, 0.5) is 0 Å². The molecule has 27 heavy (non-hydrogen) atoms.